The molecule has 13 nitrogen and oxygen atoms in total. The molecular formula is C37H39N7O6. The average Bonchev–Trinajstić information content (AvgIpc) is 3.12. The van der Waals surface area contributed by atoms with Crippen molar-refractivity contribution in [3.8, 4) is 0 Å². The average molecular weight is 678 g/mol. The Labute approximate surface area is 289 Å². The molecule has 0 radical (unpaired) electrons. The van der Waals surface area contributed by atoms with Crippen molar-refractivity contribution in [3.63, 3.8) is 0 Å². The van der Waals surface area contributed by atoms with E-state index in [9.17, 15) is 24.0 Å². The zero-order chi connectivity index (χ0) is 35.9. The van der Waals surface area contributed by atoms with E-state index >= 15 is 0 Å². The lowest BCUT2D eigenvalue weighted by atomic mass is 10.0. The summed E-state index contributed by atoms with van der Waals surface area (Å²) >= 11 is 0. The molecule has 5 N–H and O–H groups in total. The van der Waals surface area contributed by atoms with Crippen LogP contribution in [0.5, 0.6) is 0 Å². The Balaban J connectivity index is 1.51. The first kappa shape index (κ1) is 36.5. The van der Waals surface area contributed by atoms with Crippen LogP contribution < -0.4 is 26.6 Å². The SMILES string of the molecule is COC(=O)[C@H](Cc1ccccc1)NC(=O)CNC(=O)[C@H](Cc1ccccc1)NC(=O)/C(=C/Nc1nc(C)cc(C)n1)NC(=O)c1ccccc1. The molecule has 0 bridgehead atoms. The molecular weight excluding hydrogens is 638 g/mol. The first-order chi connectivity index (χ1) is 24.1. The van der Waals surface area contributed by atoms with E-state index in [4.69, 9.17) is 4.74 Å². The van der Waals surface area contributed by atoms with E-state index in [2.05, 4.69) is 36.6 Å². The Morgan fingerprint density at radius 3 is 1.84 bits per heavy atom. The van der Waals surface area contributed by atoms with E-state index in [1.165, 1.54) is 13.3 Å². The molecule has 4 aromatic rings. The minimum absolute atomic E-state index is 0.0619. The van der Waals surface area contributed by atoms with Crippen molar-refractivity contribution in [2.75, 3.05) is 19.0 Å². The van der Waals surface area contributed by atoms with Gasteiger partial charge >= 0.3 is 5.97 Å². The first-order valence-electron chi connectivity index (χ1n) is 15.8. The third-order valence-electron chi connectivity index (χ3n) is 7.29. The van der Waals surface area contributed by atoms with E-state index in [0.29, 0.717) is 17.0 Å². The van der Waals surface area contributed by atoms with Gasteiger partial charge in [0.05, 0.1) is 13.7 Å². The fourth-order valence-corrected chi connectivity index (χ4v) is 4.89. The number of nitrogens with zero attached hydrogens (tertiary/aromatic N) is 2. The molecule has 258 valence electrons. The summed E-state index contributed by atoms with van der Waals surface area (Å²) in [6.07, 6.45) is 1.49. The molecule has 13 heteroatoms. The van der Waals surface area contributed by atoms with Gasteiger partial charge in [-0.3, -0.25) is 19.2 Å². The number of rotatable bonds is 15. The molecule has 1 heterocycles. The lowest BCUT2D eigenvalue weighted by Gasteiger charge is -2.21. The number of carbonyl (C=O) groups excluding carboxylic acids is 5. The first-order valence-corrected chi connectivity index (χ1v) is 15.8. The van der Waals surface area contributed by atoms with E-state index in [1.54, 1.807) is 74.5 Å². The number of hydrogen-bond donors (Lipinski definition) is 5. The van der Waals surface area contributed by atoms with Gasteiger partial charge in [-0.05, 0) is 43.2 Å². The van der Waals surface area contributed by atoms with Gasteiger partial charge in [-0.15, -0.1) is 0 Å². The number of aromatic nitrogens is 2. The maximum atomic E-state index is 13.7. The quantitative estimate of drug-likeness (QED) is 0.0934. The topological polar surface area (TPSA) is 181 Å². The molecule has 0 aliphatic carbocycles. The summed E-state index contributed by atoms with van der Waals surface area (Å²) in [5.41, 5.74) is 3.00. The summed E-state index contributed by atoms with van der Waals surface area (Å²) in [6.45, 7) is 3.10. The summed E-state index contributed by atoms with van der Waals surface area (Å²) in [4.78, 5) is 74.3. The molecule has 0 spiro atoms. The molecule has 0 aliphatic heterocycles. The summed E-state index contributed by atoms with van der Waals surface area (Å²) in [5.74, 6) is -3.10. The van der Waals surface area contributed by atoms with Gasteiger partial charge in [0, 0.05) is 36.0 Å². The third kappa shape index (κ3) is 11.4. The van der Waals surface area contributed by atoms with Crippen LogP contribution in [0.25, 0.3) is 0 Å². The van der Waals surface area contributed by atoms with Crippen molar-refractivity contribution in [3.05, 3.63) is 137 Å². The number of ether oxygens (including phenoxy) is 1. The van der Waals surface area contributed by atoms with Gasteiger partial charge in [-0.2, -0.15) is 0 Å². The minimum Gasteiger partial charge on any atom is -0.467 e. The summed E-state index contributed by atoms with van der Waals surface area (Å²) in [6, 6.07) is 26.0. The van der Waals surface area contributed by atoms with Crippen LogP contribution in [0.3, 0.4) is 0 Å². The number of nitrogens with one attached hydrogen (secondary N) is 5. The lowest BCUT2D eigenvalue weighted by Crippen LogP contribution is -2.52. The van der Waals surface area contributed by atoms with E-state index < -0.39 is 48.2 Å². The number of anilines is 1. The summed E-state index contributed by atoms with van der Waals surface area (Å²) in [7, 11) is 1.22. The molecule has 0 saturated heterocycles. The zero-order valence-corrected chi connectivity index (χ0v) is 27.9. The monoisotopic (exact) mass is 677 g/mol. The van der Waals surface area contributed by atoms with Gasteiger partial charge in [-0.1, -0.05) is 78.9 Å². The lowest BCUT2D eigenvalue weighted by molar-refractivity contribution is -0.145. The Hall–Kier alpha value is -6.37. The number of carbonyl (C=O) groups is 5. The van der Waals surface area contributed by atoms with Gasteiger partial charge in [0.15, 0.2) is 0 Å². The van der Waals surface area contributed by atoms with Crippen LogP contribution in [0.15, 0.2) is 109 Å². The fourth-order valence-electron chi connectivity index (χ4n) is 4.89. The normalized spacial score (nSPS) is 12.1. The van der Waals surface area contributed by atoms with Crippen molar-refractivity contribution in [2.24, 2.45) is 0 Å². The predicted molar refractivity (Wildman–Crippen MR) is 186 cm³/mol. The smallest absolute Gasteiger partial charge is 0.328 e. The molecule has 0 saturated carbocycles. The van der Waals surface area contributed by atoms with Crippen LogP contribution in [0, 0.1) is 13.8 Å². The van der Waals surface area contributed by atoms with Crippen LogP contribution >= 0.6 is 0 Å². The Morgan fingerprint density at radius 2 is 1.28 bits per heavy atom. The molecule has 4 amide bonds. The minimum atomic E-state index is -1.17. The number of methoxy groups -OCH3 is 1. The molecule has 50 heavy (non-hydrogen) atoms. The highest BCUT2D eigenvalue weighted by Gasteiger charge is 2.26. The predicted octanol–water partition coefficient (Wildman–Crippen LogP) is 2.52. The summed E-state index contributed by atoms with van der Waals surface area (Å²) in [5, 5.41) is 13.3. The van der Waals surface area contributed by atoms with Crippen molar-refractivity contribution < 1.29 is 28.7 Å². The maximum absolute atomic E-state index is 13.7. The van der Waals surface area contributed by atoms with Crippen molar-refractivity contribution in [1.82, 2.24) is 31.2 Å². The molecule has 3 aromatic carbocycles. The highest BCUT2D eigenvalue weighted by Crippen LogP contribution is 2.09. The fraction of sp³-hybridized carbons (Fsp3) is 0.216. The number of hydrogen-bond acceptors (Lipinski definition) is 9. The third-order valence-corrected chi connectivity index (χ3v) is 7.29. The van der Waals surface area contributed by atoms with E-state index in [1.807, 2.05) is 36.4 Å². The molecule has 0 fully saturated rings. The number of aryl methyl sites for hydroxylation is 2. The van der Waals surface area contributed by atoms with Crippen molar-refractivity contribution >= 4 is 35.5 Å². The second-order valence-corrected chi connectivity index (χ2v) is 11.3. The molecule has 2 atom stereocenters. The second-order valence-electron chi connectivity index (χ2n) is 11.3. The second kappa shape index (κ2) is 18.2. The summed E-state index contributed by atoms with van der Waals surface area (Å²) < 4.78 is 4.86. The number of amides is 4. The largest absolute Gasteiger partial charge is 0.467 e. The Bertz CT molecular complexity index is 1800. The van der Waals surface area contributed by atoms with E-state index in [0.717, 1.165) is 11.1 Å². The molecule has 4 rings (SSSR count). The van der Waals surface area contributed by atoms with Crippen molar-refractivity contribution in [1.29, 1.82) is 0 Å². The number of benzene rings is 3. The van der Waals surface area contributed by atoms with Crippen molar-refractivity contribution in [2.45, 2.75) is 38.8 Å². The van der Waals surface area contributed by atoms with Crippen LogP contribution in [-0.4, -0.2) is 65.3 Å². The van der Waals surface area contributed by atoms with Gasteiger partial charge in [0.2, 0.25) is 17.8 Å². The molecule has 0 aliphatic rings. The Morgan fingerprint density at radius 1 is 0.740 bits per heavy atom. The zero-order valence-electron chi connectivity index (χ0n) is 27.9. The molecule has 0 unspecified atom stereocenters. The van der Waals surface area contributed by atoms with E-state index in [-0.39, 0.29) is 24.5 Å². The van der Waals surface area contributed by atoms with Crippen LogP contribution in [0.2, 0.25) is 0 Å². The Kier molecular flexibility index (Phi) is 13.3. The molecule has 1 aromatic heterocycles. The van der Waals surface area contributed by atoms with Gasteiger partial charge < -0.3 is 31.3 Å². The van der Waals surface area contributed by atoms with Gasteiger partial charge in [0.1, 0.15) is 17.8 Å². The maximum Gasteiger partial charge on any atom is 0.328 e. The number of esters is 1. The van der Waals surface area contributed by atoms with Crippen LogP contribution in [0.4, 0.5) is 5.95 Å². The van der Waals surface area contributed by atoms with Crippen LogP contribution in [0.1, 0.15) is 32.9 Å². The van der Waals surface area contributed by atoms with Gasteiger partial charge in [0.25, 0.3) is 11.8 Å². The highest BCUT2D eigenvalue weighted by molar-refractivity contribution is 6.04. The van der Waals surface area contributed by atoms with Crippen LogP contribution in [-0.2, 0) is 36.8 Å². The van der Waals surface area contributed by atoms with Gasteiger partial charge in [-0.25, -0.2) is 14.8 Å². The standard InChI is InChI=1S/C37H39N7O6/c1-24-19-25(2)41-37(40-24)39-22-31(44-33(46)28-17-11-6-12-18-28)35(48)43-29(20-26-13-7-4-8-14-26)34(47)38-23-32(45)42-30(36(49)50-3)21-27-15-9-5-10-16-27/h4-19,22,29-30H,20-21,23H2,1-3H3,(H,38,47)(H,42,45)(H,43,48)(H,44,46)(H,39,40,41)/b31-22-/t29-,30-/m0/s1. The highest BCUT2D eigenvalue weighted by atomic mass is 16.5.